The van der Waals surface area contributed by atoms with Gasteiger partial charge in [-0.05, 0) is 55.3 Å². The van der Waals surface area contributed by atoms with Crippen LogP contribution in [0.15, 0.2) is 42.5 Å². The maximum atomic E-state index is 12.1. The van der Waals surface area contributed by atoms with Crippen LogP contribution in [0.25, 0.3) is 0 Å². The van der Waals surface area contributed by atoms with Crippen LogP contribution in [0, 0.1) is 13.8 Å². The first-order chi connectivity index (χ1) is 12.5. The fourth-order valence-corrected chi connectivity index (χ4v) is 2.57. The van der Waals surface area contributed by atoms with Gasteiger partial charge in [-0.3, -0.25) is 9.59 Å². The van der Waals surface area contributed by atoms with Crippen molar-refractivity contribution in [2.24, 2.45) is 0 Å². The molecule has 2 aromatic carbocycles. The van der Waals surface area contributed by atoms with E-state index in [-0.39, 0.29) is 18.4 Å². The van der Waals surface area contributed by atoms with Crippen LogP contribution in [0.4, 0.5) is 11.4 Å². The molecular weight excluding hydrogens is 330 g/mol. The summed E-state index contributed by atoms with van der Waals surface area (Å²) < 4.78 is 4.91. The zero-order valence-electron chi connectivity index (χ0n) is 15.4. The van der Waals surface area contributed by atoms with E-state index in [2.05, 4.69) is 22.0 Å². The lowest BCUT2D eigenvalue weighted by molar-refractivity contribution is -0.114. The minimum atomic E-state index is -0.176. The summed E-state index contributed by atoms with van der Waals surface area (Å²) in [6, 6.07) is 12.9. The second-order valence-corrected chi connectivity index (χ2v) is 6.11. The molecule has 2 amide bonds. The Kier molecular flexibility index (Phi) is 7.17. The van der Waals surface area contributed by atoms with Crippen LogP contribution < -0.4 is 16.0 Å². The molecule has 6 heteroatoms. The zero-order chi connectivity index (χ0) is 18.9. The van der Waals surface area contributed by atoms with Gasteiger partial charge < -0.3 is 20.7 Å². The van der Waals surface area contributed by atoms with Gasteiger partial charge in [0.2, 0.25) is 5.91 Å². The maximum Gasteiger partial charge on any atom is 0.251 e. The molecule has 2 aromatic rings. The normalized spacial score (nSPS) is 10.3. The zero-order valence-corrected chi connectivity index (χ0v) is 15.4. The molecule has 0 unspecified atom stereocenters. The van der Waals surface area contributed by atoms with Gasteiger partial charge in [0.1, 0.15) is 0 Å². The number of anilines is 2. The van der Waals surface area contributed by atoms with Crippen molar-refractivity contribution in [2.45, 2.75) is 13.8 Å². The molecule has 0 radical (unpaired) electrons. The molecule has 0 aromatic heterocycles. The Balaban J connectivity index is 1.89. The first-order valence-corrected chi connectivity index (χ1v) is 8.47. The van der Waals surface area contributed by atoms with E-state index in [1.54, 1.807) is 25.3 Å². The van der Waals surface area contributed by atoms with Gasteiger partial charge in [0.15, 0.2) is 0 Å². The van der Waals surface area contributed by atoms with Gasteiger partial charge in [0.05, 0.1) is 13.2 Å². The van der Waals surface area contributed by atoms with Crippen LogP contribution in [-0.2, 0) is 9.53 Å². The summed E-state index contributed by atoms with van der Waals surface area (Å²) in [6.07, 6.45) is 0. The van der Waals surface area contributed by atoms with Crippen molar-refractivity contribution in [3.05, 3.63) is 59.2 Å². The number of rotatable bonds is 8. The second kappa shape index (κ2) is 9.58. The minimum absolute atomic E-state index is 0.113. The molecule has 0 spiro atoms. The highest BCUT2D eigenvalue weighted by Gasteiger charge is 2.07. The van der Waals surface area contributed by atoms with Crippen LogP contribution in [-0.4, -0.2) is 38.6 Å². The van der Waals surface area contributed by atoms with E-state index in [0.717, 1.165) is 16.8 Å². The van der Waals surface area contributed by atoms with Gasteiger partial charge >= 0.3 is 0 Å². The molecule has 0 aliphatic rings. The van der Waals surface area contributed by atoms with Crippen molar-refractivity contribution >= 4 is 23.2 Å². The van der Waals surface area contributed by atoms with Gasteiger partial charge in [-0.25, -0.2) is 0 Å². The van der Waals surface area contributed by atoms with E-state index in [4.69, 9.17) is 4.74 Å². The summed E-state index contributed by atoms with van der Waals surface area (Å²) in [5.74, 6) is -0.324. The number of ether oxygens (including phenoxy) is 1. The number of methoxy groups -OCH3 is 1. The topological polar surface area (TPSA) is 79.5 Å². The molecule has 0 saturated carbocycles. The standard InChI is InChI=1S/C20H25N3O3/c1-14-9-15(2)11-18(10-14)23-19(24)13-22-17-6-4-5-16(12-17)20(25)21-7-8-26-3/h4-6,9-12,22H,7-8,13H2,1-3H3,(H,21,25)(H,23,24). The minimum Gasteiger partial charge on any atom is -0.383 e. The predicted octanol–water partition coefficient (Wildman–Crippen LogP) is 2.73. The summed E-state index contributed by atoms with van der Waals surface area (Å²) in [6.45, 7) is 5.00. The Labute approximate surface area is 153 Å². The van der Waals surface area contributed by atoms with Gasteiger partial charge in [0, 0.05) is 30.6 Å². The average Bonchev–Trinajstić information content (AvgIpc) is 2.59. The Hall–Kier alpha value is -2.86. The van der Waals surface area contributed by atoms with Crippen LogP contribution in [0.5, 0.6) is 0 Å². The van der Waals surface area contributed by atoms with Crippen LogP contribution in [0.1, 0.15) is 21.5 Å². The number of carbonyl (C=O) groups excluding carboxylic acids is 2. The lowest BCUT2D eigenvalue weighted by Crippen LogP contribution is -2.27. The molecule has 0 saturated heterocycles. The van der Waals surface area contributed by atoms with Gasteiger partial charge in [-0.1, -0.05) is 12.1 Å². The van der Waals surface area contributed by atoms with E-state index < -0.39 is 0 Å². The van der Waals surface area contributed by atoms with E-state index in [1.807, 2.05) is 32.0 Å². The smallest absolute Gasteiger partial charge is 0.251 e. The van der Waals surface area contributed by atoms with E-state index in [0.29, 0.717) is 24.4 Å². The number of nitrogens with one attached hydrogen (secondary N) is 3. The van der Waals surface area contributed by atoms with E-state index >= 15 is 0 Å². The van der Waals surface area contributed by atoms with Gasteiger partial charge in [-0.15, -0.1) is 0 Å². The number of hydrogen-bond donors (Lipinski definition) is 3. The first kappa shape index (κ1) is 19.5. The molecule has 3 N–H and O–H groups in total. The number of carbonyl (C=O) groups is 2. The van der Waals surface area contributed by atoms with Gasteiger partial charge in [0.25, 0.3) is 5.91 Å². The molecule has 0 fully saturated rings. The molecule has 0 aliphatic heterocycles. The quantitative estimate of drug-likeness (QED) is 0.636. The van der Waals surface area contributed by atoms with Crippen LogP contribution >= 0.6 is 0 Å². The fraction of sp³-hybridized carbons (Fsp3) is 0.300. The molecule has 0 atom stereocenters. The predicted molar refractivity (Wildman–Crippen MR) is 104 cm³/mol. The molecule has 2 rings (SSSR count). The third kappa shape index (κ3) is 6.22. The summed E-state index contributed by atoms with van der Waals surface area (Å²) >= 11 is 0. The number of amides is 2. The van der Waals surface area contributed by atoms with Crippen molar-refractivity contribution in [2.75, 3.05) is 37.4 Å². The molecule has 0 bridgehead atoms. The molecule has 0 heterocycles. The monoisotopic (exact) mass is 355 g/mol. The van der Waals surface area contributed by atoms with E-state index in [1.165, 1.54) is 0 Å². The van der Waals surface area contributed by atoms with Crippen molar-refractivity contribution in [3.8, 4) is 0 Å². The maximum absolute atomic E-state index is 12.1. The Bertz CT molecular complexity index is 754. The third-order valence-electron chi connectivity index (χ3n) is 3.68. The Morgan fingerprint density at radius 2 is 1.73 bits per heavy atom. The van der Waals surface area contributed by atoms with Crippen molar-refractivity contribution in [3.63, 3.8) is 0 Å². The van der Waals surface area contributed by atoms with Crippen LogP contribution in [0.2, 0.25) is 0 Å². The molecule has 138 valence electrons. The largest absolute Gasteiger partial charge is 0.383 e. The molecular formula is C20H25N3O3. The molecule has 0 aliphatic carbocycles. The van der Waals surface area contributed by atoms with Crippen LogP contribution in [0.3, 0.4) is 0 Å². The van der Waals surface area contributed by atoms with Crippen molar-refractivity contribution in [1.82, 2.24) is 5.32 Å². The van der Waals surface area contributed by atoms with Crippen molar-refractivity contribution in [1.29, 1.82) is 0 Å². The average molecular weight is 355 g/mol. The van der Waals surface area contributed by atoms with Gasteiger partial charge in [-0.2, -0.15) is 0 Å². The third-order valence-corrected chi connectivity index (χ3v) is 3.68. The lowest BCUT2D eigenvalue weighted by Gasteiger charge is -2.10. The summed E-state index contributed by atoms with van der Waals surface area (Å²) in [5, 5.41) is 8.67. The molecule has 26 heavy (non-hydrogen) atoms. The van der Waals surface area contributed by atoms with E-state index in [9.17, 15) is 9.59 Å². The highest BCUT2D eigenvalue weighted by molar-refractivity contribution is 5.96. The number of hydrogen-bond acceptors (Lipinski definition) is 4. The second-order valence-electron chi connectivity index (χ2n) is 6.11. The summed E-state index contributed by atoms with van der Waals surface area (Å²) in [7, 11) is 1.58. The summed E-state index contributed by atoms with van der Waals surface area (Å²) in [5.41, 5.74) is 4.21. The first-order valence-electron chi connectivity index (χ1n) is 8.47. The van der Waals surface area contributed by atoms with Crippen molar-refractivity contribution < 1.29 is 14.3 Å². The Morgan fingerprint density at radius 1 is 1.00 bits per heavy atom. The summed E-state index contributed by atoms with van der Waals surface area (Å²) in [4.78, 5) is 24.2. The lowest BCUT2D eigenvalue weighted by atomic mass is 10.1. The Morgan fingerprint density at radius 3 is 2.42 bits per heavy atom. The molecule has 6 nitrogen and oxygen atoms in total. The highest BCUT2D eigenvalue weighted by Crippen LogP contribution is 2.14. The highest BCUT2D eigenvalue weighted by atomic mass is 16.5. The fourth-order valence-electron chi connectivity index (χ4n) is 2.57. The SMILES string of the molecule is COCCNC(=O)c1cccc(NCC(=O)Nc2cc(C)cc(C)c2)c1. The number of aryl methyl sites for hydroxylation is 2. The number of benzene rings is 2.